The van der Waals surface area contributed by atoms with E-state index in [9.17, 15) is 0 Å². The van der Waals surface area contributed by atoms with E-state index in [1.165, 1.54) is 16.7 Å². The molecule has 0 aliphatic carbocycles. The summed E-state index contributed by atoms with van der Waals surface area (Å²) in [5, 5.41) is 7.39. The molecule has 1 heterocycles. The van der Waals surface area contributed by atoms with Gasteiger partial charge >= 0.3 is 0 Å². The Kier molecular flexibility index (Phi) is 3.92. The number of nitrogens with one attached hydrogen (secondary N) is 1. The Morgan fingerprint density at radius 2 is 1.77 bits per heavy atom. The van der Waals surface area contributed by atoms with E-state index >= 15 is 0 Å². The topological polar surface area (TPSA) is 51.0 Å². The second-order valence-corrected chi connectivity index (χ2v) is 5.48. The van der Waals surface area contributed by atoms with Gasteiger partial charge in [-0.2, -0.15) is 4.98 Å². The third-order valence-corrected chi connectivity index (χ3v) is 3.81. The standard InChI is InChI=1S/C18H19N3O/c1-12-7-9-15(10-8-12)18-20-17(22-21-18)11-19-16-6-4-5-13(2)14(16)3/h4-10,19H,11H2,1-3H3. The van der Waals surface area contributed by atoms with Crippen molar-refractivity contribution in [1.82, 2.24) is 10.1 Å². The van der Waals surface area contributed by atoms with Crippen molar-refractivity contribution in [2.45, 2.75) is 27.3 Å². The van der Waals surface area contributed by atoms with Crippen molar-refractivity contribution in [3.05, 3.63) is 65.0 Å². The van der Waals surface area contributed by atoms with Gasteiger partial charge < -0.3 is 9.84 Å². The monoisotopic (exact) mass is 293 g/mol. The molecule has 0 saturated carbocycles. The summed E-state index contributed by atoms with van der Waals surface area (Å²) in [6.07, 6.45) is 0. The summed E-state index contributed by atoms with van der Waals surface area (Å²) in [6.45, 7) is 6.77. The van der Waals surface area contributed by atoms with Crippen molar-refractivity contribution < 1.29 is 4.52 Å². The van der Waals surface area contributed by atoms with E-state index in [1.807, 2.05) is 30.3 Å². The van der Waals surface area contributed by atoms with Crippen LogP contribution in [0.2, 0.25) is 0 Å². The molecule has 0 radical (unpaired) electrons. The maximum atomic E-state index is 5.32. The molecular formula is C18H19N3O. The van der Waals surface area contributed by atoms with Gasteiger partial charge in [-0.15, -0.1) is 0 Å². The number of benzene rings is 2. The van der Waals surface area contributed by atoms with Crippen LogP contribution in [0.25, 0.3) is 11.4 Å². The quantitative estimate of drug-likeness (QED) is 0.780. The van der Waals surface area contributed by atoms with Crippen LogP contribution in [0.5, 0.6) is 0 Å². The number of rotatable bonds is 4. The number of anilines is 1. The molecule has 22 heavy (non-hydrogen) atoms. The summed E-state index contributed by atoms with van der Waals surface area (Å²) in [6, 6.07) is 14.3. The summed E-state index contributed by atoms with van der Waals surface area (Å²) < 4.78 is 5.32. The Labute approximate surface area is 130 Å². The predicted molar refractivity (Wildman–Crippen MR) is 87.7 cm³/mol. The van der Waals surface area contributed by atoms with Crippen LogP contribution in [0, 0.1) is 20.8 Å². The van der Waals surface area contributed by atoms with Crippen molar-refractivity contribution in [1.29, 1.82) is 0 Å². The maximum Gasteiger partial charge on any atom is 0.246 e. The lowest BCUT2D eigenvalue weighted by molar-refractivity contribution is 0.384. The van der Waals surface area contributed by atoms with Crippen LogP contribution in [0.1, 0.15) is 22.6 Å². The van der Waals surface area contributed by atoms with Gasteiger partial charge in [0, 0.05) is 11.3 Å². The minimum atomic E-state index is 0.517. The number of nitrogens with zero attached hydrogens (tertiary/aromatic N) is 2. The molecule has 0 atom stereocenters. The Bertz CT molecular complexity index is 775. The molecule has 2 aromatic carbocycles. The van der Waals surface area contributed by atoms with Gasteiger partial charge in [0.15, 0.2) is 0 Å². The first-order valence-electron chi connectivity index (χ1n) is 7.33. The summed E-state index contributed by atoms with van der Waals surface area (Å²) >= 11 is 0. The Morgan fingerprint density at radius 1 is 1.00 bits per heavy atom. The van der Waals surface area contributed by atoms with Crippen molar-refractivity contribution in [3.8, 4) is 11.4 Å². The number of hydrogen-bond donors (Lipinski definition) is 1. The highest BCUT2D eigenvalue weighted by atomic mass is 16.5. The van der Waals surface area contributed by atoms with E-state index < -0.39 is 0 Å². The summed E-state index contributed by atoms with van der Waals surface area (Å²) in [4.78, 5) is 4.44. The highest BCUT2D eigenvalue weighted by molar-refractivity contribution is 5.55. The minimum absolute atomic E-state index is 0.517. The van der Waals surface area contributed by atoms with Crippen LogP contribution in [0.3, 0.4) is 0 Å². The van der Waals surface area contributed by atoms with E-state index in [0.717, 1.165) is 11.3 Å². The van der Waals surface area contributed by atoms with Gasteiger partial charge in [-0.05, 0) is 38.0 Å². The smallest absolute Gasteiger partial charge is 0.246 e. The average Bonchev–Trinajstić information content (AvgIpc) is 2.98. The molecule has 3 aromatic rings. The predicted octanol–water partition coefficient (Wildman–Crippen LogP) is 4.27. The normalized spacial score (nSPS) is 10.7. The Morgan fingerprint density at radius 3 is 2.55 bits per heavy atom. The number of aromatic nitrogens is 2. The second kappa shape index (κ2) is 6.02. The van der Waals surface area contributed by atoms with Gasteiger partial charge in [-0.3, -0.25) is 0 Å². The molecule has 3 rings (SSSR count). The molecule has 4 heteroatoms. The van der Waals surface area contributed by atoms with Gasteiger partial charge in [0.25, 0.3) is 0 Å². The second-order valence-electron chi connectivity index (χ2n) is 5.48. The number of hydrogen-bond acceptors (Lipinski definition) is 4. The molecule has 0 fully saturated rings. The lowest BCUT2D eigenvalue weighted by Crippen LogP contribution is -2.02. The summed E-state index contributed by atoms with van der Waals surface area (Å²) in [5.74, 6) is 1.20. The zero-order valence-corrected chi connectivity index (χ0v) is 13.1. The van der Waals surface area contributed by atoms with Gasteiger partial charge in [0.05, 0.1) is 6.54 Å². The molecule has 0 aliphatic rings. The molecule has 112 valence electrons. The van der Waals surface area contributed by atoms with Gasteiger partial charge in [0.1, 0.15) is 0 Å². The molecule has 0 spiro atoms. The molecule has 1 aromatic heterocycles. The minimum Gasteiger partial charge on any atom is -0.376 e. The van der Waals surface area contributed by atoms with Crippen LogP contribution in [-0.2, 0) is 6.54 Å². The molecular weight excluding hydrogens is 274 g/mol. The highest BCUT2D eigenvalue weighted by Gasteiger charge is 2.09. The highest BCUT2D eigenvalue weighted by Crippen LogP contribution is 2.20. The van der Waals surface area contributed by atoms with Crippen molar-refractivity contribution in [3.63, 3.8) is 0 Å². The van der Waals surface area contributed by atoms with E-state index in [4.69, 9.17) is 4.52 Å². The molecule has 0 saturated heterocycles. The molecule has 4 nitrogen and oxygen atoms in total. The Balaban J connectivity index is 1.72. The zero-order valence-electron chi connectivity index (χ0n) is 13.1. The van der Waals surface area contributed by atoms with E-state index in [-0.39, 0.29) is 0 Å². The van der Waals surface area contributed by atoms with Crippen LogP contribution in [-0.4, -0.2) is 10.1 Å². The first-order chi connectivity index (χ1) is 10.6. The van der Waals surface area contributed by atoms with Crippen LogP contribution >= 0.6 is 0 Å². The SMILES string of the molecule is Cc1ccc(-c2noc(CNc3cccc(C)c3C)n2)cc1. The third-order valence-electron chi connectivity index (χ3n) is 3.81. The van der Waals surface area contributed by atoms with Crippen molar-refractivity contribution in [2.75, 3.05) is 5.32 Å². The van der Waals surface area contributed by atoms with E-state index in [2.05, 4.69) is 48.4 Å². The van der Waals surface area contributed by atoms with Crippen LogP contribution in [0.15, 0.2) is 47.0 Å². The lowest BCUT2D eigenvalue weighted by atomic mass is 10.1. The van der Waals surface area contributed by atoms with Gasteiger partial charge in [-0.25, -0.2) is 0 Å². The molecule has 0 bridgehead atoms. The van der Waals surface area contributed by atoms with Crippen LogP contribution < -0.4 is 5.32 Å². The summed E-state index contributed by atoms with van der Waals surface area (Å²) in [5.41, 5.74) is 5.77. The first kappa shape index (κ1) is 14.3. The zero-order chi connectivity index (χ0) is 15.5. The largest absolute Gasteiger partial charge is 0.376 e. The fraction of sp³-hybridized carbons (Fsp3) is 0.222. The molecule has 0 aliphatic heterocycles. The van der Waals surface area contributed by atoms with Crippen LogP contribution in [0.4, 0.5) is 5.69 Å². The number of aryl methyl sites for hydroxylation is 2. The third kappa shape index (κ3) is 3.01. The van der Waals surface area contributed by atoms with Crippen molar-refractivity contribution >= 4 is 5.69 Å². The molecule has 1 N–H and O–H groups in total. The van der Waals surface area contributed by atoms with Gasteiger partial charge in [-0.1, -0.05) is 47.1 Å². The average molecular weight is 293 g/mol. The Hall–Kier alpha value is -2.62. The maximum absolute atomic E-state index is 5.32. The summed E-state index contributed by atoms with van der Waals surface area (Å²) in [7, 11) is 0. The van der Waals surface area contributed by atoms with Gasteiger partial charge in [0.2, 0.25) is 11.7 Å². The molecule has 0 unspecified atom stereocenters. The van der Waals surface area contributed by atoms with E-state index in [1.54, 1.807) is 0 Å². The van der Waals surface area contributed by atoms with E-state index in [0.29, 0.717) is 18.3 Å². The fourth-order valence-corrected chi connectivity index (χ4v) is 2.26. The lowest BCUT2D eigenvalue weighted by Gasteiger charge is -2.09. The fourth-order valence-electron chi connectivity index (χ4n) is 2.26. The van der Waals surface area contributed by atoms with Crippen molar-refractivity contribution in [2.24, 2.45) is 0 Å². The first-order valence-corrected chi connectivity index (χ1v) is 7.33. The molecule has 0 amide bonds.